The van der Waals surface area contributed by atoms with Crippen molar-refractivity contribution in [2.75, 3.05) is 31.5 Å². The molecule has 190 valence electrons. The van der Waals surface area contributed by atoms with Crippen molar-refractivity contribution in [1.82, 2.24) is 20.1 Å². The first-order chi connectivity index (χ1) is 17.4. The topological polar surface area (TPSA) is 97.5 Å². The SMILES string of the molecule is CCN(CC)CCc1c[nH]c2ccc(CC3NC(=O)N(CCc4ccc(NC(C)=O)cc4)C3=O)cc12. The van der Waals surface area contributed by atoms with E-state index in [0.29, 0.717) is 19.4 Å². The van der Waals surface area contributed by atoms with Gasteiger partial charge in [-0.15, -0.1) is 0 Å². The number of carbonyl (C=O) groups excluding carboxylic acids is 3. The number of aromatic amines is 1. The average molecular weight is 490 g/mol. The molecule has 0 bridgehead atoms. The molecule has 4 rings (SSSR count). The Morgan fingerprint density at radius 3 is 2.44 bits per heavy atom. The number of carbonyl (C=O) groups is 3. The molecule has 1 saturated heterocycles. The second-order valence-corrected chi connectivity index (χ2v) is 9.29. The number of nitrogens with one attached hydrogen (secondary N) is 3. The molecule has 8 nitrogen and oxygen atoms in total. The first-order valence-electron chi connectivity index (χ1n) is 12.7. The van der Waals surface area contributed by atoms with Crippen LogP contribution in [0.1, 0.15) is 37.5 Å². The lowest BCUT2D eigenvalue weighted by Crippen LogP contribution is -2.33. The maximum absolute atomic E-state index is 13.0. The van der Waals surface area contributed by atoms with Crippen LogP contribution in [0.2, 0.25) is 0 Å². The minimum absolute atomic E-state index is 0.125. The van der Waals surface area contributed by atoms with Crippen molar-refractivity contribution in [3.63, 3.8) is 0 Å². The quantitative estimate of drug-likeness (QED) is 0.358. The monoisotopic (exact) mass is 489 g/mol. The molecule has 3 aromatic rings. The molecule has 0 saturated carbocycles. The van der Waals surface area contributed by atoms with Gasteiger partial charge < -0.3 is 20.5 Å². The van der Waals surface area contributed by atoms with Gasteiger partial charge in [0.1, 0.15) is 6.04 Å². The Labute approximate surface area is 212 Å². The smallest absolute Gasteiger partial charge is 0.324 e. The second kappa shape index (κ2) is 11.4. The number of hydrogen-bond acceptors (Lipinski definition) is 4. The van der Waals surface area contributed by atoms with Gasteiger partial charge in [-0.1, -0.05) is 32.0 Å². The van der Waals surface area contributed by atoms with Crippen LogP contribution < -0.4 is 10.6 Å². The Kier molecular flexibility index (Phi) is 8.05. The molecule has 2 heterocycles. The fourth-order valence-electron chi connectivity index (χ4n) is 4.74. The number of fused-ring (bicyclic) bond motifs is 1. The zero-order chi connectivity index (χ0) is 25.7. The van der Waals surface area contributed by atoms with E-state index in [1.165, 1.54) is 22.8 Å². The average Bonchev–Trinajstić information content (AvgIpc) is 3.38. The number of likely N-dealkylation sites (N-methyl/N-ethyl adjacent to an activating group) is 1. The van der Waals surface area contributed by atoms with Crippen LogP contribution in [0, 0.1) is 0 Å². The van der Waals surface area contributed by atoms with Crippen molar-refractivity contribution >= 4 is 34.4 Å². The summed E-state index contributed by atoms with van der Waals surface area (Å²) in [4.78, 5) is 43.8. The summed E-state index contributed by atoms with van der Waals surface area (Å²) in [5.74, 6) is -0.314. The number of H-pyrrole nitrogens is 1. The first kappa shape index (κ1) is 25.4. The molecule has 8 heteroatoms. The number of anilines is 1. The number of nitrogens with zero attached hydrogens (tertiary/aromatic N) is 2. The van der Waals surface area contributed by atoms with E-state index in [1.54, 1.807) is 0 Å². The van der Waals surface area contributed by atoms with Crippen LogP contribution in [0.15, 0.2) is 48.7 Å². The van der Waals surface area contributed by atoms with E-state index in [0.717, 1.165) is 48.4 Å². The number of urea groups is 1. The third kappa shape index (κ3) is 5.94. The summed E-state index contributed by atoms with van der Waals surface area (Å²) < 4.78 is 0. The highest BCUT2D eigenvalue weighted by Crippen LogP contribution is 2.23. The molecule has 1 aromatic heterocycles. The van der Waals surface area contributed by atoms with Crippen molar-refractivity contribution in [3.8, 4) is 0 Å². The highest BCUT2D eigenvalue weighted by Gasteiger charge is 2.37. The van der Waals surface area contributed by atoms with Gasteiger partial charge in [0.2, 0.25) is 5.91 Å². The molecule has 1 fully saturated rings. The lowest BCUT2D eigenvalue weighted by Gasteiger charge is -2.17. The summed E-state index contributed by atoms with van der Waals surface area (Å²) in [6.07, 6.45) is 4.05. The second-order valence-electron chi connectivity index (χ2n) is 9.29. The van der Waals surface area contributed by atoms with E-state index in [-0.39, 0.29) is 17.8 Å². The molecule has 0 aliphatic carbocycles. The third-order valence-electron chi connectivity index (χ3n) is 6.87. The van der Waals surface area contributed by atoms with E-state index in [9.17, 15) is 14.4 Å². The Bertz CT molecular complexity index is 1230. The van der Waals surface area contributed by atoms with Crippen molar-refractivity contribution in [3.05, 3.63) is 65.4 Å². The number of amides is 4. The van der Waals surface area contributed by atoms with Crippen LogP contribution in [0.25, 0.3) is 10.9 Å². The molecular formula is C28H35N5O3. The zero-order valence-electron chi connectivity index (χ0n) is 21.3. The van der Waals surface area contributed by atoms with Crippen LogP contribution in [-0.4, -0.2) is 64.9 Å². The van der Waals surface area contributed by atoms with E-state index in [4.69, 9.17) is 0 Å². The van der Waals surface area contributed by atoms with Crippen LogP contribution in [0.5, 0.6) is 0 Å². The first-order valence-corrected chi connectivity index (χ1v) is 12.7. The van der Waals surface area contributed by atoms with Gasteiger partial charge in [-0.05, 0) is 66.9 Å². The molecular weight excluding hydrogens is 454 g/mol. The van der Waals surface area contributed by atoms with Gasteiger partial charge in [-0.2, -0.15) is 0 Å². The summed E-state index contributed by atoms with van der Waals surface area (Å²) in [6.45, 7) is 9.21. The summed E-state index contributed by atoms with van der Waals surface area (Å²) in [7, 11) is 0. The van der Waals surface area contributed by atoms with Crippen LogP contribution in [0.3, 0.4) is 0 Å². The van der Waals surface area contributed by atoms with Gasteiger partial charge in [0, 0.05) is 49.2 Å². The Morgan fingerprint density at radius 2 is 1.75 bits per heavy atom. The van der Waals surface area contributed by atoms with Gasteiger partial charge in [0.15, 0.2) is 0 Å². The Balaban J connectivity index is 1.37. The Hall–Kier alpha value is -3.65. The summed E-state index contributed by atoms with van der Waals surface area (Å²) in [5, 5.41) is 6.76. The lowest BCUT2D eigenvalue weighted by atomic mass is 10.0. The summed E-state index contributed by atoms with van der Waals surface area (Å²) in [5.41, 5.74) is 5.09. The number of imide groups is 1. The van der Waals surface area contributed by atoms with Crippen molar-refractivity contribution < 1.29 is 14.4 Å². The van der Waals surface area contributed by atoms with Gasteiger partial charge in [-0.3, -0.25) is 14.5 Å². The van der Waals surface area contributed by atoms with Crippen LogP contribution in [-0.2, 0) is 28.9 Å². The molecule has 1 aliphatic heterocycles. The summed E-state index contributed by atoms with van der Waals surface area (Å²) in [6, 6.07) is 12.7. The maximum atomic E-state index is 13.0. The lowest BCUT2D eigenvalue weighted by molar-refractivity contribution is -0.127. The molecule has 1 atom stereocenters. The fraction of sp³-hybridized carbons (Fsp3) is 0.393. The highest BCUT2D eigenvalue weighted by molar-refractivity contribution is 6.04. The Morgan fingerprint density at radius 1 is 1.03 bits per heavy atom. The molecule has 0 radical (unpaired) electrons. The van der Waals surface area contributed by atoms with Gasteiger partial charge in [0.05, 0.1) is 0 Å². The highest BCUT2D eigenvalue weighted by atomic mass is 16.2. The minimum Gasteiger partial charge on any atom is -0.361 e. The predicted molar refractivity (Wildman–Crippen MR) is 142 cm³/mol. The minimum atomic E-state index is -0.560. The number of benzene rings is 2. The molecule has 1 aliphatic rings. The number of hydrogen-bond donors (Lipinski definition) is 3. The molecule has 3 N–H and O–H groups in total. The van der Waals surface area contributed by atoms with Crippen molar-refractivity contribution in [1.29, 1.82) is 0 Å². The van der Waals surface area contributed by atoms with Gasteiger partial charge >= 0.3 is 6.03 Å². The van der Waals surface area contributed by atoms with E-state index < -0.39 is 6.04 Å². The summed E-state index contributed by atoms with van der Waals surface area (Å²) >= 11 is 0. The normalized spacial score (nSPS) is 15.7. The molecule has 2 aromatic carbocycles. The van der Waals surface area contributed by atoms with Gasteiger partial charge in [-0.25, -0.2) is 4.79 Å². The fourth-order valence-corrected chi connectivity index (χ4v) is 4.74. The zero-order valence-corrected chi connectivity index (χ0v) is 21.3. The van der Waals surface area contributed by atoms with E-state index in [2.05, 4.69) is 52.7 Å². The number of aromatic nitrogens is 1. The molecule has 0 spiro atoms. The van der Waals surface area contributed by atoms with E-state index >= 15 is 0 Å². The maximum Gasteiger partial charge on any atom is 0.324 e. The van der Waals surface area contributed by atoms with E-state index in [1.807, 2.05) is 30.3 Å². The van der Waals surface area contributed by atoms with Gasteiger partial charge in [0.25, 0.3) is 5.91 Å². The number of rotatable bonds is 11. The third-order valence-corrected chi connectivity index (χ3v) is 6.87. The molecule has 4 amide bonds. The molecule has 1 unspecified atom stereocenters. The largest absolute Gasteiger partial charge is 0.361 e. The van der Waals surface area contributed by atoms with Crippen LogP contribution in [0.4, 0.5) is 10.5 Å². The van der Waals surface area contributed by atoms with Crippen LogP contribution >= 0.6 is 0 Å². The standard InChI is InChI=1S/C28H35N5O3/c1-4-32(5-2)14-13-22-18-29-25-11-8-21(16-24(22)25)17-26-27(35)33(28(36)31-26)15-12-20-6-9-23(10-7-20)30-19(3)34/h6-11,16,18,26,29H,4-5,12-15,17H2,1-3H3,(H,30,34)(H,31,36). The molecule has 36 heavy (non-hydrogen) atoms. The van der Waals surface area contributed by atoms with Crippen molar-refractivity contribution in [2.45, 2.75) is 46.1 Å². The predicted octanol–water partition coefficient (Wildman–Crippen LogP) is 3.72. The van der Waals surface area contributed by atoms with Crippen molar-refractivity contribution in [2.24, 2.45) is 0 Å².